The summed E-state index contributed by atoms with van der Waals surface area (Å²) in [6, 6.07) is 8.54. The maximum Gasteiger partial charge on any atom is 0.0406 e. The number of nitrogens with one attached hydrogen (secondary N) is 1. The first kappa shape index (κ1) is 10.6. The van der Waals surface area contributed by atoms with E-state index in [0.29, 0.717) is 12.0 Å². The maximum absolute atomic E-state index is 5.81. The second-order valence-corrected chi connectivity index (χ2v) is 3.85. The SMILES string of the molecule is CN[C@@H](C)[C@H](C)c1ccc(Cl)cc1. The van der Waals surface area contributed by atoms with E-state index in [9.17, 15) is 0 Å². The van der Waals surface area contributed by atoms with Gasteiger partial charge in [0.1, 0.15) is 0 Å². The molecule has 0 saturated heterocycles. The molecule has 2 atom stereocenters. The molecule has 0 aliphatic heterocycles. The van der Waals surface area contributed by atoms with Crippen LogP contribution in [-0.2, 0) is 0 Å². The molecule has 72 valence electrons. The number of halogens is 1. The maximum atomic E-state index is 5.81. The van der Waals surface area contributed by atoms with Crippen LogP contribution in [0.3, 0.4) is 0 Å². The summed E-state index contributed by atoms with van der Waals surface area (Å²) in [6.45, 7) is 4.39. The molecular formula is C11H16ClN. The Morgan fingerprint density at radius 1 is 1.15 bits per heavy atom. The first-order valence-corrected chi connectivity index (χ1v) is 4.95. The molecule has 1 aromatic carbocycles. The highest BCUT2D eigenvalue weighted by molar-refractivity contribution is 6.30. The first-order chi connectivity index (χ1) is 6.15. The van der Waals surface area contributed by atoms with Crippen LogP contribution in [-0.4, -0.2) is 13.1 Å². The van der Waals surface area contributed by atoms with Gasteiger partial charge < -0.3 is 5.32 Å². The zero-order chi connectivity index (χ0) is 9.84. The van der Waals surface area contributed by atoms with Gasteiger partial charge in [-0.15, -0.1) is 0 Å². The van der Waals surface area contributed by atoms with Crippen molar-refractivity contribution in [1.29, 1.82) is 0 Å². The van der Waals surface area contributed by atoms with Crippen molar-refractivity contribution in [3.63, 3.8) is 0 Å². The summed E-state index contributed by atoms with van der Waals surface area (Å²) < 4.78 is 0. The summed E-state index contributed by atoms with van der Waals surface area (Å²) >= 11 is 5.81. The molecule has 0 amide bonds. The fourth-order valence-electron chi connectivity index (χ4n) is 1.31. The van der Waals surface area contributed by atoms with Gasteiger partial charge in [0.25, 0.3) is 0 Å². The Hall–Kier alpha value is -0.530. The molecule has 1 N–H and O–H groups in total. The van der Waals surface area contributed by atoms with Crippen LogP contribution in [0.4, 0.5) is 0 Å². The third kappa shape index (κ3) is 2.71. The van der Waals surface area contributed by atoms with Gasteiger partial charge in [0.05, 0.1) is 0 Å². The van der Waals surface area contributed by atoms with Gasteiger partial charge in [-0.1, -0.05) is 30.7 Å². The van der Waals surface area contributed by atoms with Crippen molar-refractivity contribution in [2.45, 2.75) is 25.8 Å². The van der Waals surface area contributed by atoms with Crippen LogP contribution in [0.2, 0.25) is 5.02 Å². The summed E-state index contributed by atoms with van der Waals surface area (Å²) in [6.07, 6.45) is 0. The van der Waals surface area contributed by atoms with Crippen LogP contribution >= 0.6 is 11.6 Å². The Balaban J connectivity index is 2.77. The van der Waals surface area contributed by atoms with Crippen molar-refractivity contribution in [3.8, 4) is 0 Å². The van der Waals surface area contributed by atoms with Gasteiger partial charge in [0.2, 0.25) is 0 Å². The normalized spacial score (nSPS) is 15.4. The molecule has 0 bridgehead atoms. The number of likely N-dealkylation sites (N-methyl/N-ethyl adjacent to an activating group) is 1. The highest BCUT2D eigenvalue weighted by Gasteiger charge is 2.11. The van der Waals surface area contributed by atoms with Crippen LogP contribution in [0, 0.1) is 0 Å². The van der Waals surface area contributed by atoms with Gasteiger partial charge in [-0.2, -0.15) is 0 Å². The molecule has 0 radical (unpaired) electrons. The van der Waals surface area contributed by atoms with Crippen LogP contribution in [0.15, 0.2) is 24.3 Å². The van der Waals surface area contributed by atoms with Gasteiger partial charge in [-0.05, 0) is 37.6 Å². The summed E-state index contributed by atoms with van der Waals surface area (Å²) in [5.41, 5.74) is 1.33. The van der Waals surface area contributed by atoms with Crippen molar-refractivity contribution in [1.82, 2.24) is 5.32 Å². The number of hydrogen-bond acceptors (Lipinski definition) is 1. The quantitative estimate of drug-likeness (QED) is 0.786. The molecule has 0 unspecified atom stereocenters. The largest absolute Gasteiger partial charge is 0.317 e. The lowest BCUT2D eigenvalue weighted by atomic mass is 9.95. The molecule has 0 aliphatic rings. The van der Waals surface area contributed by atoms with Crippen molar-refractivity contribution < 1.29 is 0 Å². The molecule has 0 spiro atoms. The van der Waals surface area contributed by atoms with E-state index < -0.39 is 0 Å². The van der Waals surface area contributed by atoms with E-state index in [1.54, 1.807) is 0 Å². The molecule has 1 nitrogen and oxygen atoms in total. The van der Waals surface area contributed by atoms with Crippen molar-refractivity contribution in [2.24, 2.45) is 0 Å². The third-order valence-electron chi connectivity index (χ3n) is 2.60. The van der Waals surface area contributed by atoms with E-state index in [1.807, 2.05) is 19.2 Å². The van der Waals surface area contributed by atoms with E-state index in [0.717, 1.165) is 5.02 Å². The predicted molar refractivity (Wildman–Crippen MR) is 58.4 cm³/mol. The summed E-state index contributed by atoms with van der Waals surface area (Å²) in [5, 5.41) is 4.04. The summed E-state index contributed by atoms with van der Waals surface area (Å²) in [5.74, 6) is 0.516. The minimum absolute atomic E-state index is 0.487. The monoisotopic (exact) mass is 197 g/mol. The smallest absolute Gasteiger partial charge is 0.0406 e. The fraction of sp³-hybridized carbons (Fsp3) is 0.455. The molecule has 13 heavy (non-hydrogen) atoms. The summed E-state index contributed by atoms with van der Waals surface area (Å²) in [7, 11) is 1.98. The van der Waals surface area contributed by atoms with Gasteiger partial charge >= 0.3 is 0 Å². The number of benzene rings is 1. The highest BCUT2D eigenvalue weighted by atomic mass is 35.5. The predicted octanol–water partition coefficient (Wildman–Crippen LogP) is 3.05. The topological polar surface area (TPSA) is 12.0 Å². The Kier molecular flexibility index (Phi) is 3.76. The second kappa shape index (κ2) is 4.64. The van der Waals surface area contributed by atoms with Crippen molar-refractivity contribution in [3.05, 3.63) is 34.9 Å². The minimum Gasteiger partial charge on any atom is -0.317 e. The van der Waals surface area contributed by atoms with Crippen molar-refractivity contribution in [2.75, 3.05) is 7.05 Å². The van der Waals surface area contributed by atoms with Gasteiger partial charge in [0, 0.05) is 11.1 Å². The van der Waals surface area contributed by atoms with E-state index in [4.69, 9.17) is 11.6 Å². The lowest BCUT2D eigenvalue weighted by molar-refractivity contribution is 0.524. The zero-order valence-electron chi connectivity index (χ0n) is 8.34. The van der Waals surface area contributed by atoms with Crippen LogP contribution in [0.1, 0.15) is 25.3 Å². The zero-order valence-corrected chi connectivity index (χ0v) is 9.10. The molecular weight excluding hydrogens is 182 g/mol. The molecule has 2 heteroatoms. The van der Waals surface area contributed by atoms with Gasteiger partial charge in [-0.3, -0.25) is 0 Å². The van der Waals surface area contributed by atoms with E-state index >= 15 is 0 Å². The second-order valence-electron chi connectivity index (χ2n) is 3.42. The Morgan fingerprint density at radius 2 is 1.69 bits per heavy atom. The minimum atomic E-state index is 0.487. The average Bonchev–Trinajstić information content (AvgIpc) is 2.17. The highest BCUT2D eigenvalue weighted by Crippen LogP contribution is 2.20. The molecule has 0 aromatic heterocycles. The lowest BCUT2D eigenvalue weighted by Gasteiger charge is -2.19. The van der Waals surface area contributed by atoms with E-state index in [-0.39, 0.29) is 0 Å². The van der Waals surface area contributed by atoms with E-state index in [2.05, 4.69) is 31.3 Å². The molecule has 0 fully saturated rings. The molecule has 0 aliphatic carbocycles. The Morgan fingerprint density at radius 3 is 2.15 bits per heavy atom. The van der Waals surface area contributed by atoms with Crippen LogP contribution < -0.4 is 5.32 Å². The summed E-state index contributed by atoms with van der Waals surface area (Å²) in [4.78, 5) is 0. The van der Waals surface area contributed by atoms with Gasteiger partial charge in [-0.25, -0.2) is 0 Å². The molecule has 1 aromatic rings. The van der Waals surface area contributed by atoms with E-state index in [1.165, 1.54) is 5.56 Å². The molecule has 1 rings (SSSR count). The average molecular weight is 198 g/mol. The molecule has 0 heterocycles. The number of hydrogen-bond donors (Lipinski definition) is 1. The molecule has 0 saturated carbocycles. The third-order valence-corrected chi connectivity index (χ3v) is 2.85. The lowest BCUT2D eigenvalue weighted by Crippen LogP contribution is -2.27. The Bertz CT molecular complexity index is 255. The fourth-order valence-corrected chi connectivity index (χ4v) is 1.43. The van der Waals surface area contributed by atoms with Gasteiger partial charge in [0.15, 0.2) is 0 Å². The number of rotatable bonds is 3. The van der Waals surface area contributed by atoms with Crippen LogP contribution in [0.5, 0.6) is 0 Å². The van der Waals surface area contributed by atoms with Crippen LogP contribution in [0.25, 0.3) is 0 Å². The Labute approximate surface area is 85.1 Å². The van der Waals surface area contributed by atoms with Crippen molar-refractivity contribution >= 4 is 11.6 Å². The first-order valence-electron chi connectivity index (χ1n) is 4.58. The standard InChI is InChI=1S/C11H16ClN/c1-8(9(2)13-3)10-4-6-11(12)7-5-10/h4-9,13H,1-3H3/t8-,9-/m0/s1.